The van der Waals surface area contributed by atoms with Gasteiger partial charge in [0.05, 0.1) is 0 Å². The van der Waals surface area contributed by atoms with Crippen LogP contribution in [0.1, 0.15) is 24.8 Å². The van der Waals surface area contributed by atoms with Crippen molar-refractivity contribution in [2.24, 2.45) is 0 Å². The molecule has 32 heavy (non-hydrogen) atoms. The Bertz CT molecular complexity index is 1040. The smallest absolute Gasteiger partial charge is 0.225 e. The molecule has 3 aromatic carbocycles. The molecule has 1 heterocycles. The van der Waals surface area contributed by atoms with E-state index in [1.165, 1.54) is 5.56 Å². The average molecular weight is 430 g/mol. The number of piperazine rings is 1. The fourth-order valence-electron chi connectivity index (χ4n) is 4.27. The fraction of sp³-hybridized carbons (Fsp3) is 0.333. The van der Waals surface area contributed by atoms with E-state index in [1.807, 2.05) is 65.6 Å². The topological polar surface area (TPSA) is 52.7 Å². The summed E-state index contributed by atoms with van der Waals surface area (Å²) < 4.78 is 0. The lowest BCUT2D eigenvalue weighted by Gasteiger charge is -2.34. The van der Waals surface area contributed by atoms with Crippen molar-refractivity contribution < 1.29 is 9.59 Å². The van der Waals surface area contributed by atoms with Gasteiger partial charge in [0.15, 0.2) is 0 Å². The van der Waals surface area contributed by atoms with Crippen LogP contribution in [0.25, 0.3) is 10.8 Å². The Hall–Kier alpha value is -3.18. The molecule has 0 atom stereocenters. The van der Waals surface area contributed by atoms with E-state index < -0.39 is 0 Å². The van der Waals surface area contributed by atoms with Crippen molar-refractivity contribution >= 4 is 28.3 Å². The van der Waals surface area contributed by atoms with Crippen molar-refractivity contribution in [1.82, 2.24) is 9.80 Å². The lowest BCUT2D eigenvalue weighted by molar-refractivity contribution is -0.133. The molecule has 2 amide bonds. The van der Waals surface area contributed by atoms with Crippen LogP contribution in [0.3, 0.4) is 0 Å². The minimum Gasteiger partial charge on any atom is -0.340 e. The first-order chi connectivity index (χ1) is 15.7. The normalized spacial score (nSPS) is 14.4. The van der Waals surface area contributed by atoms with Crippen LogP contribution in [0.4, 0.5) is 5.69 Å². The van der Waals surface area contributed by atoms with Gasteiger partial charge in [0, 0.05) is 56.6 Å². The summed E-state index contributed by atoms with van der Waals surface area (Å²) in [5, 5.41) is 5.24. The van der Waals surface area contributed by atoms with E-state index in [9.17, 15) is 9.59 Å². The summed E-state index contributed by atoms with van der Waals surface area (Å²) in [6, 6.07) is 24.3. The third-order valence-corrected chi connectivity index (χ3v) is 6.14. The van der Waals surface area contributed by atoms with E-state index in [2.05, 4.69) is 22.3 Å². The molecule has 1 fully saturated rings. The first-order valence-corrected chi connectivity index (χ1v) is 11.5. The Morgan fingerprint density at radius 3 is 2.31 bits per heavy atom. The number of carbonyl (C=O) groups excluding carboxylic acids is 2. The standard InChI is InChI=1S/C27H31N3O2/c31-26(28-25-14-7-12-23-11-4-5-13-24(23)25)16-17-29-18-20-30(21-19-29)27(32)15-6-10-22-8-2-1-3-9-22/h1-5,7-9,11-14H,6,10,15-21H2,(H,28,31). The molecule has 0 radical (unpaired) electrons. The van der Waals surface area contributed by atoms with Crippen LogP contribution in [0.5, 0.6) is 0 Å². The van der Waals surface area contributed by atoms with E-state index in [0.29, 0.717) is 19.4 Å². The molecular weight excluding hydrogens is 398 g/mol. The zero-order valence-electron chi connectivity index (χ0n) is 18.5. The molecule has 5 heteroatoms. The highest BCUT2D eigenvalue weighted by Crippen LogP contribution is 2.23. The molecule has 1 N–H and O–H groups in total. The zero-order chi connectivity index (χ0) is 22.2. The Morgan fingerprint density at radius 1 is 0.781 bits per heavy atom. The van der Waals surface area contributed by atoms with Gasteiger partial charge < -0.3 is 10.2 Å². The van der Waals surface area contributed by atoms with E-state index >= 15 is 0 Å². The maximum atomic E-state index is 12.5. The predicted molar refractivity (Wildman–Crippen MR) is 130 cm³/mol. The van der Waals surface area contributed by atoms with Crippen molar-refractivity contribution in [3.05, 3.63) is 78.4 Å². The Morgan fingerprint density at radius 2 is 1.50 bits per heavy atom. The molecule has 0 aromatic heterocycles. The summed E-state index contributed by atoms with van der Waals surface area (Å²) in [7, 11) is 0. The molecule has 0 spiro atoms. The van der Waals surface area contributed by atoms with E-state index in [-0.39, 0.29) is 11.8 Å². The SMILES string of the molecule is O=C(CCN1CCN(C(=O)CCCc2ccccc2)CC1)Nc1cccc2ccccc12. The monoisotopic (exact) mass is 429 g/mol. The number of aryl methyl sites for hydroxylation is 1. The number of hydrogen-bond donors (Lipinski definition) is 1. The molecule has 3 aromatic rings. The van der Waals surface area contributed by atoms with Gasteiger partial charge in [0.2, 0.25) is 11.8 Å². The van der Waals surface area contributed by atoms with Crippen LogP contribution in [-0.2, 0) is 16.0 Å². The van der Waals surface area contributed by atoms with Crippen LogP contribution in [-0.4, -0.2) is 54.3 Å². The molecule has 4 rings (SSSR count). The number of benzene rings is 3. The number of rotatable bonds is 8. The number of amides is 2. The minimum atomic E-state index is 0.0285. The third kappa shape index (κ3) is 5.95. The quantitative estimate of drug-likeness (QED) is 0.580. The first-order valence-electron chi connectivity index (χ1n) is 11.5. The lowest BCUT2D eigenvalue weighted by Crippen LogP contribution is -2.49. The van der Waals surface area contributed by atoms with Gasteiger partial charge >= 0.3 is 0 Å². The van der Waals surface area contributed by atoms with Crippen molar-refractivity contribution in [2.45, 2.75) is 25.7 Å². The van der Waals surface area contributed by atoms with E-state index in [1.54, 1.807) is 0 Å². The summed E-state index contributed by atoms with van der Waals surface area (Å²) >= 11 is 0. The van der Waals surface area contributed by atoms with Gasteiger partial charge in [-0.15, -0.1) is 0 Å². The summed E-state index contributed by atoms with van der Waals surface area (Å²) in [6.45, 7) is 3.86. The molecule has 0 aliphatic carbocycles. The van der Waals surface area contributed by atoms with Gasteiger partial charge in [-0.25, -0.2) is 0 Å². The van der Waals surface area contributed by atoms with Gasteiger partial charge in [-0.05, 0) is 29.9 Å². The summed E-state index contributed by atoms with van der Waals surface area (Å²) in [5.74, 6) is 0.273. The van der Waals surface area contributed by atoms with Gasteiger partial charge in [0.1, 0.15) is 0 Å². The average Bonchev–Trinajstić information content (AvgIpc) is 2.84. The van der Waals surface area contributed by atoms with E-state index in [0.717, 1.165) is 55.5 Å². The van der Waals surface area contributed by atoms with Crippen molar-refractivity contribution in [1.29, 1.82) is 0 Å². The molecule has 0 bridgehead atoms. The largest absolute Gasteiger partial charge is 0.340 e. The zero-order valence-corrected chi connectivity index (χ0v) is 18.5. The summed E-state index contributed by atoms with van der Waals surface area (Å²) in [6.07, 6.45) is 2.88. The van der Waals surface area contributed by atoms with Gasteiger partial charge in [-0.1, -0.05) is 66.7 Å². The third-order valence-electron chi connectivity index (χ3n) is 6.14. The number of carbonyl (C=O) groups is 2. The fourth-order valence-corrected chi connectivity index (χ4v) is 4.27. The van der Waals surface area contributed by atoms with Crippen LogP contribution in [0, 0.1) is 0 Å². The Kier molecular flexibility index (Phi) is 7.51. The Labute approximate surface area is 190 Å². The summed E-state index contributed by atoms with van der Waals surface area (Å²) in [5.41, 5.74) is 2.14. The molecule has 1 aliphatic rings. The molecule has 5 nitrogen and oxygen atoms in total. The summed E-state index contributed by atoms with van der Waals surface area (Å²) in [4.78, 5) is 29.3. The first kappa shape index (κ1) is 22.0. The maximum absolute atomic E-state index is 12.5. The number of nitrogens with zero attached hydrogens (tertiary/aromatic N) is 2. The van der Waals surface area contributed by atoms with Gasteiger partial charge in [-0.3, -0.25) is 14.5 Å². The van der Waals surface area contributed by atoms with Crippen molar-refractivity contribution in [3.63, 3.8) is 0 Å². The maximum Gasteiger partial charge on any atom is 0.225 e. The second kappa shape index (κ2) is 10.9. The highest BCUT2D eigenvalue weighted by molar-refractivity contribution is 6.02. The Balaban J connectivity index is 1.16. The second-order valence-corrected chi connectivity index (χ2v) is 8.39. The molecule has 0 saturated carbocycles. The molecule has 1 aliphatic heterocycles. The van der Waals surface area contributed by atoms with Crippen LogP contribution >= 0.6 is 0 Å². The number of hydrogen-bond acceptors (Lipinski definition) is 3. The van der Waals surface area contributed by atoms with Crippen LogP contribution in [0.2, 0.25) is 0 Å². The van der Waals surface area contributed by atoms with Crippen LogP contribution < -0.4 is 5.32 Å². The minimum absolute atomic E-state index is 0.0285. The van der Waals surface area contributed by atoms with E-state index in [4.69, 9.17) is 0 Å². The van der Waals surface area contributed by atoms with Crippen molar-refractivity contribution in [3.8, 4) is 0 Å². The van der Waals surface area contributed by atoms with Crippen molar-refractivity contribution in [2.75, 3.05) is 38.0 Å². The molecular formula is C27H31N3O2. The molecule has 1 saturated heterocycles. The predicted octanol–water partition coefficient (Wildman–Crippen LogP) is 4.34. The second-order valence-electron chi connectivity index (χ2n) is 8.39. The van der Waals surface area contributed by atoms with Crippen LogP contribution in [0.15, 0.2) is 72.8 Å². The number of anilines is 1. The molecule has 0 unspecified atom stereocenters. The highest BCUT2D eigenvalue weighted by atomic mass is 16.2. The lowest BCUT2D eigenvalue weighted by atomic mass is 10.1. The number of fused-ring (bicyclic) bond motifs is 1. The number of nitrogens with one attached hydrogen (secondary N) is 1. The molecule has 166 valence electrons. The highest BCUT2D eigenvalue weighted by Gasteiger charge is 2.21. The van der Waals surface area contributed by atoms with Gasteiger partial charge in [0.25, 0.3) is 0 Å². The van der Waals surface area contributed by atoms with Gasteiger partial charge in [-0.2, -0.15) is 0 Å².